The van der Waals surface area contributed by atoms with Gasteiger partial charge in [0.15, 0.2) is 0 Å². The van der Waals surface area contributed by atoms with Gasteiger partial charge in [-0.1, -0.05) is 30.3 Å². The SMILES string of the molecule is CC=C(CCC(=O)O)OCc1ccccc1. The van der Waals surface area contributed by atoms with Crippen molar-refractivity contribution in [1.29, 1.82) is 0 Å². The average Bonchev–Trinajstić information content (AvgIpc) is 2.30. The van der Waals surface area contributed by atoms with Crippen molar-refractivity contribution in [2.45, 2.75) is 26.4 Å². The van der Waals surface area contributed by atoms with E-state index in [1.54, 1.807) is 0 Å². The molecule has 0 spiro atoms. The van der Waals surface area contributed by atoms with Gasteiger partial charge in [-0.15, -0.1) is 0 Å². The van der Waals surface area contributed by atoms with Crippen LogP contribution in [-0.4, -0.2) is 11.1 Å². The van der Waals surface area contributed by atoms with Crippen molar-refractivity contribution in [2.75, 3.05) is 0 Å². The Kier molecular flexibility index (Phi) is 5.12. The van der Waals surface area contributed by atoms with Crippen molar-refractivity contribution < 1.29 is 14.6 Å². The molecule has 0 aliphatic carbocycles. The van der Waals surface area contributed by atoms with E-state index in [-0.39, 0.29) is 6.42 Å². The Morgan fingerprint density at radius 2 is 2.00 bits per heavy atom. The second-order valence-corrected chi connectivity index (χ2v) is 3.42. The van der Waals surface area contributed by atoms with Crippen LogP contribution in [0.2, 0.25) is 0 Å². The summed E-state index contributed by atoms with van der Waals surface area (Å²) in [6, 6.07) is 9.80. The smallest absolute Gasteiger partial charge is 0.303 e. The molecule has 0 unspecified atom stereocenters. The lowest BCUT2D eigenvalue weighted by Gasteiger charge is -2.09. The van der Waals surface area contributed by atoms with Crippen LogP contribution in [0.5, 0.6) is 0 Å². The molecule has 0 aliphatic rings. The summed E-state index contributed by atoms with van der Waals surface area (Å²) in [6.07, 6.45) is 2.36. The number of allylic oxidation sites excluding steroid dienone is 2. The van der Waals surface area contributed by atoms with E-state index in [9.17, 15) is 4.79 Å². The van der Waals surface area contributed by atoms with Crippen molar-refractivity contribution >= 4 is 5.97 Å². The summed E-state index contributed by atoms with van der Waals surface area (Å²) >= 11 is 0. The monoisotopic (exact) mass is 220 g/mol. The molecule has 0 bridgehead atoms. The molecule has 0 amide bonds. The Hall–Kier alpha value is -1.77. The molecular formula is C13H16O3. The van der Waals surface area contributed by atoms with Crippen LogP contribution in [0.15, 0.2) is 42.2 Å². The first-order chi connectivity index (χ1) is 7.72. The number of carboxylic acid groups (broad SMARTS) is 1. The van der Waals surface area contributed by atoms with Gasteiger partial charge >= 0.3 is 5.97 Å². The van der Waals surface area contributed by atoms with Crippen LogP contribution in [0, 0.1) is 0 Å². The number of benzene rings is 1. The first kappa shape index (κ1) is 12.3. The average molecular weight is 220 g/mol. The molecule has 1 aromatic rings. The van der Waals surface area contributed by atoms with Crippen molar-refractivity contribution in [3.63, 3.8) is 0 Å². The maximum Gasteiger partial charge on any atom is 0.303 e. The summed E-state index contributed by atoms with van der Waals surface area (Å²) in [7, 11) is 0. The molecule has 0 heterocycles. The predicted molar refractivity (Wildman–Crippen MR) is 61.9 cm³/mol. The zero-order valence-corrected chi connectivity index (χ0v) is 9.35. The summed E-state index contributed by atoms with van der Waals surface area (Å²) in [6.45, 7) is 2.34. The molecule has 0 saturated carbocycles. The number of carbonyl (C=O) groups is 1. The van der Waals surface area contributed by atoms with Crippen LogP contribution >= 0.6 is 0 Å². The van der Waals surface area contributed by atoms with Gasteiger partial charge < -0.3 is 9.84 Å². The van der Waals surface area contributed by atoms with E-state index >= 15 is 0 Å². The van der Waals surface area contributed by atoms with E-state index in [4.69, 9.17) is 9.84 Å². The fourth-order valence-electron chi connectivity index (χ4n) is 1.28. The molecule has 1 aromatic carbocycles. The minimum atomic E-state index is -0.803. The minimum absolute atomic E-state index is 0.106. The van der Waals surface area contributed by atoms with Crippen LogP contribution in [0.4, 0.5) is 0 Å². The summed E-state index contributed by atoms with van der Waals surface area (Å²) in [5.74, 6) is -0.0751. The molecule has 3 nitrogen and oxygen atoms in total. The van der Waals surface area contributed by atoms with Crippen molar-refractivity contribution in [3.8, 4) is 0 Å². The lowest BCUT2D eigenvalue weighted by atomic mass is 10.2. The molecule has 0 radical (unpaired) electrons. The van der Waals surface area contributed by atoms with Gasteiger partial charge in [-0.2, -0.15) is 0 Å². The maximum absolute atomic E-state index is 10.4. The first-order valence-electron chi connectivity index (χ1n) is 5.26. The van der Waals surface area contributed by atoms with E-state index in [1.807, 2.05) is 43.3 Å². The zero-order chi connectivity index (χ0) is 11.8. The highest BCUT2D eigenvalue weighted by Crippen LogP contribution is 2.10. The Labute approximate surface area is 95.4 Å². The van der Waals surface area contributed by atoms with Gasteiger partial charge in [0.05, 0.1) is 12.2 Å². The number of hydrogen-bond donors (Lipinski definition) is 1. The molecule has 86 valence electrons. The number of hydrogen-bond acceptors (Lipinski definition) is 2. The Balaban J connectivity index is 2.38. The Bertz CT molecular complexity index is 355. The lowest BCUT2D eigenvalue weighted by Crippen LogP contribution is -1.99. The summed E-state index contributed by atoms with van der Waals surface area (Å²) in [5.41, 5.74) is 1.08. The highest BCUT2D eigenvalue weighted by molar-refractivity contribution is 5.66. The van der Waals surface area contributed by atoms with Gasteiger partial charge in [0.1, 0.15) is 6.61 Å². The number of rotatable bonds is 6. The van der Waals surface area contributed by atoms with Crippen LogP contribution < -0.4 is 0 Å². The summed E-state index contributed by atoms with van der Waals surface area (Å²) in [4.78, 5) is 10.4. The second kappa shape index (κ2) is 6.67. The van der Waals surface area contributed by atoms with E-state index in [0.717, 1.165) is 11.3 Å². The quantitative estimate of drug-likeness (QED) is 0.750. The molecule has 0 aliphatic heterocycles. The van der Waals surface area contributed by atoms with Crippen molar-refractivity contribution in [3.05, 3.63) is 47.7 Å². The molecule has 1 N–H and O–H groups in total. The highest BCUT2D eigenvalue weighted by atomic mass is 16.5. The second-order valence-electron chi connectivity index (χ2n) is 3.42. The normalized spacial score (nSPS) is 11.2. The topological polar surface area (TPSA) is 46.5 Å². The van der Waals surface area contributed by atoms with E-state index < -0.39 is 5.97 Å². The molecule has 0 aromatic heterocycles. The largest absolute Gasteiger partial charge is 0.494 e. The fourth-order valence-corrected chi connectivity index (χ4v) is 1.28. The van der Waals surface area contributed by atoms with Crippen molar-refractivity contribution in [2.24, 2.45) is 0 Å². The molecule has 0 atom stereocenters. The van der Waals surface area contributed by atoms with Crippen LogP contribution in [0.3, 0.4) is 0 Å². The Morgan fingerprint density at radius 1 is 1.31 bits per heavy atom. The van der Waals surface area contributed by atoms with Gasteiger partial charge in [0, 0.05) is 6.42 Å². The summed E-state index contributed by atoms with van der Waals surface area (Å²) in [5, 5.41) is 8.56. The minimum Gasteiger partial charge on any atom is -0.494 e. The summed E-state index contributed by atoms with van der Waals surface area (Å²) < 4.78 is 5.53. The third kappa shape index (κ3) is 4.64. The van der Waals surface area contributed by atoms with Gasteiger partial charge in [-0.05, 0) is 18.6 Å². The molecule has 0 saturated heterocycles. The molecule has 1 rings (SSSR count). The van der Waals surface area contributed by atoms with Gasteiger partial charge in [0.2, 0.25) is 0 Å². The lowest BCUT2D eigenvalue weighted by molar-refractivity contribution is -0.137. The highest BCUT2D eigenvalue weighted by Gasteiger charge is 2.02. The standard InChI is InChI=1S/C13H16O3/c1-2-12(8-9-13(14)15)16-10-11-6-4-3-5-7-11/h2-7H,8-10H2,1H3,(H,14,15). The molecule has 16 heavy (non-hydrogen) atoms. The number of ether oxygens (including phenoxy) is 1. The predicted octanol–water partition coefficient (Wildman–Crippen LogP) is 2.97. The van der Waals surface area contributed by atoms with Gasteiger partial charge in [-0.3, -0.25) is 4.79 Å². The van der Waals surface area contributed by atoms with Crippen LogP contribution in [-0.2, 0) is 16.1 Å². The Morgan fingerprint density at radius 3 is 2.56 bits per heavy atom. The third-order valence-corrected chi connectivity index (χ3v) is 2.17. The number of carboxylic acids is 1. The van der Waals surface area contributed by atoms with Gasteiger partial charge in [0.25, 0.3) is 0 Å². The van der Waals surface area contributed by atoms with E-state index in [1.165, 1.54) is 0 Å². The molecular weight excluding hydrogens is 204 g/mol. The van der Waals surface area contributed by atoms with E-state index in [2.05, 4.69) is 0 Å². The third-order valence-electron chi connectivity index (χ3n) is 2.17. The van der Waals surface area contributed by atoms with E-state index in [0.29, 0.717) is 13.0 Å². The van der Waals surface area contributed by atoms with Gasteiger partial charge in [-0.25, -0.2) is 0 Å². The molecule has 0 fully saturated rings. The van der Waals surface area contributed by atoms with Crippen LogP contribution in [0.1, 0.15) is 25.3 Å². The zero-order valence-electron chi connectivity index (χ0n) is 9.35. The number of aliphatic carboxylic acids is 1. The first-order valence-corrected chi connectivity index (χ1v) is 5.26. The molecule has 3 heteroatoms. The van der Waals surface area contributed by atoms with Crippen molar-refractivity contribution in [1.82, 2.24) is 0 Å². The fraction of sp³-hybridized carbons (Fsp3) is 0.308. The van der Waals surface area contributed by atoms with Crippen LogP contribution in [0.25, 0.3) is 0 Å². The maximum atomic E-state index is 10.4.